The highest BCUT2D eigenvalue weighted by Crippen LogP contribution is 1.71. The molecule has 0 aromatic carbocycles. The first-order chi connectivity index (χ1) is 8.18. The van der Waals surface area contributed by atoms with E-state index in [0.29, 0.717) is 0 Å². The van der Waals surface area contributed by atoms with E-state index in [0.717, 1.165) is 0 Å². The number of carboxylic acids is 1. The standard InChI is InChI=1S/C3H4N2.C3H7NO3.C2H3N3/c1-2-4-5-3-1;4-2(1-5)3(6)7;1-2-4-5-3-1/h1-3H,(H,4,5);2,5H,1,4H2,(H,6,7);1-2H,(H,3,4,5)/t;2-;/m.0./s1. The Morgan fingerprint density at radius 1 is 1.29 bits per heavy atom. The molecule has 2 aromatic rings. The van der Waals surface area contributed by atoms with Crippen molar-refractivity contribution < 1.29 is 15.0 Å². The van der Waals surface area contributed by atoms with Crippen molar-refractivity contribution >= 4 is 5.97 Å². The van der Waals surface area contributed by atoms with Gasteiger partial charge < -0.3 is 15.9 Å². The Balaban J connectivity index is 0.000000229. The number of carboxylic acid groups (broad SMARTS) is 1. The van der Waals surface area contributed by atoms with Crippen LogP contribution in [0.15, 0.2) is 30.9 Å². The molecule has 2 heterocycles. The Bertz CT molecular complexity index is 289. The third kappa shape index (κ3) is 10.0. The Morgan fingerprint density at radius 3 is 2.06 bits per heavy atom. The number of nitrogens with two attached hydrogens (primary N) is 1. The Kier molecular flexibility index (Phi) is 8.90. The van der Waals surface area contributed by atoms with E-state index in [1.807, 2.05) is 6.07 Å². The molecule has 0 unspecified atom stereocenters. The summed E-state index contributed by atoms with van der Waals surface area (Å²) < 4.78 is 0. The van der Waals surface area contributed by atoms with E-state index in [2.05, 4.69) is 25.6 Å². The fourth-order valence-electron chi connectivity index (χ4n) is 0.460. The molecule has 0 aliphatic carbocycles. The highest BCUT2D eigenvalue weighted by Gasteiger charge is 2.06. The minimum Gasteiger partial charge on any atom is -0.480 e. The average Bonchev–Trinajstić information content (AvgIpc) is 3.04. The van der Waals surface area contributed by atoms with Gasteiger partial charge in [-0.2, -0.15) is 20.5 Å². The van der Waals surface area contributed by atoms with Gasteiger partial charge in [-0.1, -0.05) is 0 Å². The maximum atomic E-state index is 9.65. The molecule has 9 nitrogen and oxygen atoms in total. The molecular formula is C8H14N6O3. The molecule has 0 aliphatic rings. The highest BCUT2D eigenvalue weighted by atomic mass is 16.4. The summed E-state index contributed by atoms with van der Waals surface area (Å²) in [6.07, 6.45) is 6.62. The number of hydrogen-bond donors (Lipinski definition) is 5. The minimum absolute atomic E-state index is 0.505. The number of rotatable bonds is 2. The summed E-state index contributed by atoms with van der Waals surface area (Å²) in [7, 11) is 0. The molecule has 2 rings (SSSR count). The summed E-state index contributed by atoms with van der Waals surface area (Å²) in [5, 5.41) is 31.4. The first kappa shape index (κ1) is 14.7. The molecule has 0 radical (unpaired) electrons. The molecule has 0 saturated heterocycles. The van der Waals surface area contributed by atoms with E-state index < -0.39 is 18.6 Å². The van der Waals surface area contributed by atoms with Crippen LogP contribution < -0.4 is 5.73 Å². The summed E-state index contributed by atoms with van der Waals surface area (Å²) in [4.78, 5) is 9.65. The number of H-pyrrole nitrogens is 2. The van der Waals surface area contributed by atoms with Crippen LogP contribution in [0.5, 0.6) is 0 Å². The van der Waals surface area contributed by atoms with Crippen molar-refractivity contribution in [2.45, 2.75) is 6.04 Å². The van der Waals surface area contributed by atoms with Crippen molar-refractivity contribution in [2.75, 3.05) is 6.61 Å². The first-order valence-electron chi connectivity index (χ1n) is 4.51. The Hall–Kier alpha value is -2.26. The maximum Gasteiger partial charge on any atom is 0.322 e. The molecule has 0 amide bonds. The zero-order valence-corrected chi connectivity index (χ0v) is 8.89. The number of aromatic amines is 2. The number of aliphatic hydroxyl groups is 1. The van der Waals surface area contributed by atoms with Gasteiger partial charge in [-0.15, -0.1) is 0 Å². The van der Waals surface area contributed by atoms with E-state index in [4.69, 9.17) is 15.9 Å². The van der Waals surface area contributed by atoms with E-state index in [9.17, 15) is 4.79 Å². The topological polar surface area (TPSA) is 154 Å². The number of nitrogens with one attached hydrogen (secondary N) is 2. The summed E-state index contributed by atoms with van der Waals surface area (Å²) >= 11 is 0. The fourth-order valence-corrected chi connectivity index (χ4v) is 0.460. The summed E-state index contributed by atoms with van der Waals surface area (Å²) in [6, 6.07) is 0.708. The normalized spacial score (nSPS) is 10.2. The van der Waals surface area contributed by atoms with Gasteiger partial charge in [0, 0.05) is 12.4 Å². The van der Waals surface area contributed by atoms with Gasteiger partial charge >= 0.3 is 5.97 Å². The number of aliphatic hydroxyl groups excluding tert-OH is 1. The lowest BCUT2D eigenvalue weighted by Crippen LogP contribution is -2.33. The van der Waals surface area contributed by atoms with Gasteiger partial charge in [0.15, 0.2) is 0 Å². The predicted molar refractivity (Wildman–Crippen MR) is 57.7 cm³/mol. The van der Waals surface area contributed by atoms with Crippen molar-refractivity contribution in [2.24, 2.45) is 5.73 Å². The lowest BCUT2D eigenvalue weighted by atomic mass is 10.3. The van der Waals surface area contributed by atoms with Gasteiger partial charge in [-0.05, 0) is 6.07 Å². The van der Waals surface area contributed by atoms with E-state index in [1.165, 1.54) is 0 Å². The molecule has 2 aromatic heterocycles. The van der Waals surface area contributed by atoms with Crippen molar-refractivity contribution in [1.29, 1.82) is 0 Å². The van der Waals surface area contributed by atoms with Gasteiger partial charge in [0.25, 0.3) is 0 Å². The van der Waals surface area contributed by atoms with Crippen LogP contribution in [0, 0.1) is 0 Å². The molecular weight excluding hydrogens is 228 g/mol. The van der Waals surface area contributed by atoms with Gasteiger partial charge in [0.2, 0.25) is 0 Å². The van der Waals surface area contributed by atoms with Crippen LogP contribution in [0.3, 0.4) is 0 Å². The van der Waals surface area contributed by atoms with Crippen LogP contribution in [0.2, 0.25) is 0 Å². The number of aliphatic carboxylic acids is 1. The SMILES string of the molecule is N[C@@H](CO)C(=O)O.c1cn[nH]c1.c1cn[nH]n1. The van der Waals surface area contributed by atoms with Crippen molar-refractivity contribution in [1.82, 2.24) is 25.6 Å². The smallest absolute Gasteiger partial charge is 0.322 e. The van der Waals surface area contributed by atoms with Gasteiger partial charge in [0.1, 0.15) is 6.04 Å². The van der Waals surface area contributed by atoms with Gasteiger partial charge in [-0.25, -0.2) is 0 Å². The van der Waals surface area contributed by atoms with E-state index in [-0.39, 0.29) is 0 Å². The van der Waals surface area contributed by atoms with E-state index >= 15 is 0 Å². The van der Waals surface area contributed by atoms with Crippen LogP contribution in [0.1, 0.15) is 0 Å². The van der Waals surface area contributed by atoms with Crippen molar-refractivity contribution in [3.8, 4) is 0 Å². The highest BCUT2D eigenvalue weighted by molar-refractivity contribution is 5.73. The number of carbonyl (C=O) groups is 1. The summed E-state index contributed by atoms with van der Waals surface area (Å²) in [5.74, 6) is -1.18. The summed E-state index contributed by atoms with van der Waals surface area (Å²) in [5.41, 5.74) is 4.77. The third-order valence-electron chi connectivity index (χ3n) is 1.25. The average molecular weight is 242 g/mol. The zero-order valence-electron chi connectivity index (χ0n) is 8.89. The quantitative estimate of drug-likeness (QED) is 0.434. The van der Waals surface area contributed by atoms with Crippen LogP contribution >= 0.6 is 0 Å². The molecule has 94 valence electrons. The molecule has 6 N–H and O–H groups in total. The number of nitrogens with zero attached hydrogens (tertiary/aromatic N) is 3. The lowest BCUT2D eigenvalue weighted by Gasteiger charge is -1.96. The predicted octanol–water partition coefficient (Wildman–Crippen LogP) is -1.39. The largest absolute Gasteiger partial charge is 0.480 e. The minimum atomic E-state index is -1.18. The number of hydrogen-bond acceptors (Lipinski definition) is 6. The molecule has 17 heavy (non-hydrogen) atoms. The lowest BCUT2D eigenvalue weighted by molar-refractivity contribution is -0.139. The second-order valence-electron chi connectivity index (χ2n) is 2.55. The summed E-state index contributed by atoms with van der Waals surface area (Å²) in [6.45, 7) is -0.505. The Morgan fingerprint density at radius 2 is 1.94 bits per heavy atom. The molecule has 0 spiro atoms. The van der Waals surface area contributed by atoms with Gasteiger partial charge in [-0.3, -0.25) is 9.89 Å². The van der Waals surface area contributed by atoms with E-state index in [1.54, 1.807) is 24.8 Å². The molecule has 0 fully saturated rings. The second kappa shape index (κ2) is 10.3. The molecule has 9 heteroatoms. The van der Waals surface area contributed by atoms with Gasteiger partial charge in [0.05, 0.1) is 19.0 Å². The van der Waals surface area contributed by atoms with Crippen molar-refractivity contribution in [3.05, 3.63) is 30.9 Å². The fraction of sp³-hybridized carbons (Fsp3) is 0.250. The molecule has 0 bridgehead atoms. The maximum absolute atomic E-state index is 9.65. The molecule has 1 atom stereocenters. The third-order valence-corrected chi connectivity index (χ3v) is 1.25. The second-order valence-corrected chi connectivity index (χ2v) is 2.55. The van der Waals surface area contributed by atoms with Crippen LogP contribution in [0.4, 0.5) is 0 Å². The number of aromatic nitrogens is 5. The van der Waals surface area contributed by atoms with Crippen LogP contribution in [0.25, 0.3) is 0 Å². The van der Waals surface area contributed by atoms with Crippen LogP contribution in [-0.2, 0) is 4.79 Å². The zero-order chi connectivity index (χ0) is 12.9. The monoisotopic (exact) mass is 242 g/mol. The Labute approximate surface area is 96.7 Å². The van der Waals surface area contributed by atoms with Crippen LogP contribution in [-0.4, -0.2) is 54.4 Å². The molecule has 0 aliphatic heterocycles. The van der Waals surface area contributed by atoms with Crippen molar-refractivity contribution in [3.63, 3.8) is 0 Å². The molecule has 0 saturated carbocycles. The first-order valence-corrected chi connectivity index (χ1v) is 4.51.